The van der Waals surface area contributed by atoms with Crippen LogP contribution in [0.25, 0.3) is 0 Å². The van der Waals surface area contributed by atoms with E-state index in [1.165, 1.54) is 19.4 Å². The maximum Gasteiger partial charge on any atom is 0.137 e. The van der Waals surface area contributed by atoms with E-state index >= 15 is 0 Å². The van der Waals surface area contributed by atoms with Crippen molar-refractivity contribution in [1.82, 2.24) is 10.3 Å². The van der Waals surface area contributed by atoms with Crippen molar-refractivity contribution >= 4 is 5.82 Å². The van der Waals surface area contributed by atoms with Crippen LogP contribution in [0.2, 0.25) is 0 Å². The zero-order valence-electron chi connectivity index (χ0n) is 10.6. The molecule has 1 aliphatic rings. The van der Waals surface area contributed by atoms with E-state index in [9.17, 15) is 0 Å². The molecule has 4 nitrogen and oxygen atoms in total. The molecule has 1 fully saturated rings. The summed E-state index contributed by atoms with van der Waals surface area (Å²) in [5, 5.41) is 3.44. The first kappa shape index (κ1) is 12.2. The Morgan fingerprint density at radius 3 is 3.00 bits per heavy atom. The summed E-state index contributed by atoms with van der Waals surface area (Å²) in [7, 11) is 3.76. The molecule has 1 saturated heterocycles. The molecule has 0 saturated carbocycles. The van der Waals surface area contributed by atoms with Crippen LogP contribution in [-0.4, -0.2) is 38.8 Å². The Morgan fingerprint density at radius 2 is 2.41 bits per heavy atom. The van der Waals surface area contributed by atoms with Crippen molar-refractivity contribution in [3.05, 3.63) is 18.3 Å². The van der Waals surface area contributed by atoms with Gasteiger partial charge in [0.15, 0.2) is 0 Å². The summed E-state index contributed by atoms with van der Waals surface area (Å²) in [4.78, 5) is 6.61. The van der Waals surface area contributed by atoms with Gasteiger partial charge in [0.05, 0.1) is 13.3 Å². The van der Waals surface area contributed by atoms with Crippen molar-refractivity contribution in [2.75, 3.05) is 38.7 Å². The number of pyridine rings is 1. The molecule has 1 aromatic heterocycles. The number of piperidine rings is 1. The summed E-state index contributed by atoms with van der Waals surface area (Å²) in [6.07, 6.45) is 4.37. The third kappa shape index (κ3) is 3.33. The lowest BCUT2D eigenvalue weighted by Crippen LogP contribution is -2.37. The molecule has 0 spiro atoms. The Labute approximate surface area is 103 Å². The molecule has 17 heavy (non-hydrogen) atoms. The molecule has 0 amide bonds. The van der Waals surface area contributed by atoms with Crippen LogP contribution in [0.4, 0.5) is 5.82 Å². The first-order chi connectivity index (χ1) is 8.29. The van der Waals surface area contributed by atoms with Gasteiger partial charge in [0.1, 0.15) is 11.6 Å². The van der Waals surface area contributed by atoms with Gasteiger partial charge in [-0.3, -0.25) is 0 Å². The molecule has 0 aromatic carbocycles. The minimum atomic E-state index is 0.734. The van der Waals surface area contributed by atoms with Gasteiger partial charge in [-0.2, -0.15) is 0 Å². The summed E-state index contributed by atoms with van der Waals surface area (Å²) in [6.45, 7) is 3.35. The van der Waals surface area contributed by atoms with Crippen molar-refractivity contribution in [2.45, 2.75) is 12.8 Å². The minimum absolute atomic E-state index is 0.734. The van der Waals surface area contributed by atoms with Gasteiger partial charge in [-0.25, -0.2) is 4.98 Å². The van der Waals surface area contributed by atoms with E-state index in [2.05, 4.69) is 22.2 Å². The molecule has 1 aliphatic heterocycles. The highest BCUT2D eigenvalue weighted by Crippen LogP contribution is 2.17. The van der Waals surface area contributed by atoms with Gasteiger partial charge >= 0.3 is 0 Å². The van der Waals surface area contributed by atoms with Crippen LogP contribution in [0.5, 0.6) is 5.75 Å². The zero-order valence-corrected chi connectivity index (χ0v) is 10.6. The number of nitrogens with one attached hydrogen (secondary N) is 1. The second-order valence-corrected chi connectivity index (χ2v) is 4.65. The van der Waals surface area contributed by atoms with Crippen LogP contribution in [0, 0.1) is 5.92 Å². The van der Waals surface area contributed by atoms with Crippen LogP contribution in [-0.2, 0) is 0 Å². The highest BCUT2D eigenvalue weighted by atomic mass is 16.5. The van der Waals surface area contributed by atoms with Crippen molar-refractivity contribution in [1.29, 1.82) is 0 Å². The summed E-state index contributed by atoms with van der Waals surface area (Å²) in [5.41, 5.74) is 0. The number of anilines is 1. The van der Waals surface area contributed by atoms with Crippen LogP contribution in [0.3, 0.4) is 0 Å². The highest BCUT2D eigenvalue weighted by Gasteiger charge is 2.15. The van der Waals surface area contributed by atoms with Crippen molar-refractivity contribution < 1.29 is 4.74 Å². The second-order valence-electron chi connectivity index (χ2n) is 4.65. The van der Waals surface area contributed by atoms with Crippen LogP contribution >= 0.6 is 0 Å². The van der Waals surface area contributed by atoms with Gasteiger partial charge in [-0.1, -0.05) is 0 Å². The number of rotatable bonds is 4. The SMILES string of the molecule is COc1ccc(N(C)CC2CCCNC2)nc1. The maximum absolute atomic E-state index is 5.11. The average molecular weight is 235 g/mol. The van der Waals surface area contributed by atoms with E-state index in [1.807, 2.05) is 12.1 Å². The highest BCUT2D eigenvalue weighted by molar-refractivity contribution is 5.39. The number of hydrogen-bond acceptors (Lipinski definition) is 4. The largest absolute Gasteiger partial charge is 0.495 e. The van der Waals surface area contributed by atoms with Crippen molar-refractivity contribution in [2.24, 2.45) is 5.92 Å². The third-order valence-corrected chi connectivity index (χ3v) is 3.28. The molecule has 1 atom stereocenters. The number of hydrogen-bond donors (Lipinski definition) is 1. The Bertz CT molecular complexity index is 333. The molecule has 2 rings (SSSR count). The van der Waals surface area contributed by atoms with Crippen molar-refractivity contribution in [3.63, 3.8) is 0 Å². The molecule has 0 aliphatic carbocycles. The average Bonchev–Trinajstić information content (AvgIpc) is 2.40. The fourth-order valence-corrected chi connectivity index (χ4v) is 2.28. The van der Waals surface area contributed by atoms with Gasteiger partial charge in [0.25, 0.3) is 0 Å². The Balaban J connectivity index is 1.91. The topological polar surface area (TPSA) is 37.4 Å². The Morgan fingerprint density at radius 1 is 1.53 bits per heavy atom. The van der Waals surface area contributed by atoms with E-state index in [0.29, 0.717) is 0 Å². The molecule has 4 heteroatoms. The Kier molecular flexibility index (Phi) is 4.20. The first-order valence-corrected chi connectivity index (χ1v) is 6.21. The monoisotopic (exact) mass is 235 g/mol. The molecule has 1 aromatic rings. The standard InChI is InChI=1S/C13H21N3O/c1-16(10-11-4-3-7-14-8-11)13-6-5-12(17-2)9-15-13/h5-6,9,11,14H,3-4,7-8,10H2,1-2H3. The molecular weight excluding hydrogens is 214 g/mol. The Hall–Kier alpha value is -1.29. The summed E-state index contributed by atoms with van der Waals surface area (Å²) in [6, 6.07) is 3.97. The number of aromatic nitrogens is 1. The second kappa shape index (κ2) is 5.87. The molecular formula is C13H21N3O. The smallest absolute Gasteiger partial charge is 0.137 e. The molecule has 2 heterocycles. The lowest BCUT2D eigenvalue weighted by Gasteiger charge is -2.28. The fraction of sp³-hybridized carbons (Fsp3) is 0.615. The molecule has 1 unspecified atom stereocenters. The minimum Gasteiger partial charge on any atom is -0.495 e. The zero-order chi connectivity index (χ0) is 12.1. The van der Waals surface area contributed by atoms with E-state index in [0.717, 1.165) is 30.6 Å². The maximum atomic E-state index is 5.11. The number of ether oxygens (including phenoxy) is 1. The summed E-state index contributed by atoms with van der Waals surface area (Å²) < 4.78 is 5.11. The number of nitrogens with zero attached hydrogens (tertiary/aromatic N) is 2. The van der Waals surface area contributed by atoms with Gasteiger partial charge < -0.3 is 15.0 Å². The lowest BCUT2D eigenvalue weighted by atomic mass is 9.99. The van der Waals surface area contributed by atoms with E-state index in [-0.39, 0.29) is 0 Å². The summed E-state index contributed by atoms with van der Waals surface area (Å²) in [5.74, 6) is 2.55. The normalized spacial score (nSPS) is 20.0. The van der Waals surface area contributed by atoms with Gasteiger partial charge in [0, 0.05) is 13.6 Å². The third-order valence-electron chi connectivity index (χ3n) is 3.28. The van der Waals surface area contributed by atoms with E-state index < -0.39 is 0 Å². The molecule has 1 N–H and O–H groups in total. The quantitative estimate of drug-likeness (QED) is 0.858. The van der Waals surface area contributed by atoms with Crippen molar-refractivity contribution in [3.8, 4) is 5.75 Å². The van der Waals surface area contributed by atoms with E-state index in [1.54, 1.807) is 13.3 Å². The van der Waals surface area contributed by atoms with Crippen LogP contribution < -0.4 is 15.0 Å². The van der Waals surface area contributed by atoms with Gasteiger partial charge in [-0.15, -0.1) is 0 Å². The number of methoxy groups -OCH3 is 1. The van der Waals surface area contributed by atoms with Gasteiger partial charge in [0.2, 0.25) is 0 Å². The first-order valence-electron chi connectivity index (χ1n) is 6.21. The lowest BCUT2D eigenvalue weighted by molar-refractivity contribution is 0.380. The summed E-state index contributed by atoms with van der Waals surface area (Å²) >= 11 is 0. The van der Waals surface area contributed by atoms with Crippen LogP contribution in [0.15, 0.2) is 18.3 Å². The molecule has 0 radical (unpaired) electrons. The molecule has 0 bridgehead atoms. The van der Waals surface area contributed by atoms with E-state index in [4.69, 9.17) is 4.74 Å². The van der Waals surface area contributed by atoms with Crippen LogP contribution in [0.1, 0.15) is 12.8 Å². The predicted molar refractivity (Wildman–Crippen MR) is 69.7 cm³/mol. The predicted octanol–water partition coefficient (Wildman–Crippen LogP) is 1.53. The molecule has 94 valence electrons. The van der Waals surface area contributed by atoms with Gasteiger partial charge in [-0.05, 0) is 44.0 Å². The fourth-order valence-electron chi connectivity index (χ4n) is 2.28.